The fourth-order valence-corrected chi connectivity index (χ4v) is 1.91. The fourth-order valence-electron chi connectivity index (χ4n) is 1.91. The first-order valence-corrected chi connectivity index (χ1v) is 6.16. The summed E-state index contributed by atoms with van der Waals surface area (Å²) in [6.45, 7) is 3.70. The third kappa shape index (κ3) is 2.91. The van der Waals surface area contributed by atoms with Crippen molar-refractivity contribution in [3.05, 3.63) is 65.0 Å². The first kappa shape index (κ1) is 13.9. The zero-order valence-electron chi connectivity index (χ0n) is 11.2. The van der Waals surface area contributed by atoms with Crippen LogP contribution in [0.15, 0.2) is 42.5 Å². The van der Waals surface area contributed by atoms with Gasteiger partial charge < -0.3 is 5.32 Å². The van der Waals surface area contributed by atoms with Crippen LogP contribution >= 0.6 is 0 Å². The van der Waals surface area contributed by atoms with E-state index in [1.807, 2.05) is 32.0 Å². The van der Waals surface area contributed by atoms with Crippen LogP contribution in [0.2, 0.25) is 0 Å². The second-order valence-electron chi connectivity index (χ2n) is 4.56. The molecule has 2 aromatic rings. The van der Waals surface area contributed by atoms with Crippen LogP contribution in [0.5, 0.6) is 0 Å². The number of Topliss-reactive ketones (excluding diaryl/α,β-unsaturated/α-hetero) is 1. The Labute approximate surface area is 116 Å². The van der Waals surface area contributed by atoms with Crippen LogP contribution in [-0.2, 0) is 4.79 Å². The summed E-state index contributed by atoms with van der Waals surface area (Å²) >= 11 is 0. The predicted octanol–water partition coefficient (Wildman–Crippen LogP) is 3.26. The van der Waals surface area contributed by atoms with Crippen molar-refractivity contribution >= 4 is 17.4 Å². The van der Waals surface area contributed by atoms with Gasteiger partial charge in [0.15, 0.2) is 0 Å². The number of amides is 1. The highest BCUT2D eigenvalue weighted by Gasteiger charge is 2.17. The maximum Gasteiger partial charge on any atom is 0.296 e. The number of benzene rings is 2. The zero-order valence-corrected chi connectivity index (χ0v) is 11.2. The van der Waals surface area contributed by atoms with Crippen molar-refractivity contribution in [2.45, 2.75) is 13.8 Å². The summed E-state index contributed by atoms with van der Waals surface area (Å²) in [5, 5.41) is 2.61. The summed E-state index contributed by atoms with van der Waals surface area (Å²) in [5.41, 5.74) is 2.55. The molecule has 0 aromatic heterocycles. The normalized spacial score (nSPS) is 10.2. The molecule has 1 amide bonds. The molecule has 0 aliphatic carbocycles. The van der Waals surface area contributed by atoms with Crippen molar-refractivity contribution in [2.24, 2.45) is 0 Å². The Hall–Kier alpha value is -2.49. The first-order valence-electron chi connectivity index (χ1n) is 6.16. The minimum absolute atomic E-state index is 0.162. The standard InChI is InChI=1S/C16H14FNO2/c1-10-4-3-5-11(2)14(10)18-16(20)15(19)12-6-8-13(17)9-7-12/h3-9H,1-2H3,(H,18,20). The van der Waals surface area contributed by atoms with Crippen LogP contribution in [-0.4, -0.2) is 11.7 Å². The Morgan fingerprint density at radius 2 is 1.50 bits per heavy atom. The Morgan fingerprint density at radius 3 is 2.05 bits per heavy atom. The number of hydrogen-bond donors (Lipinski definition) is 1. The second kappa shape index (κ2) is 5.65. The Balaban J connectivity index is 2.20. The van der Waals surface area contributed by atoms with Gasteiger partial charge in [-0.05, 0) is 49.2 Å². The number of hydrogen-bond acceptors (Lipinski definition) is 2. The number of para-hydroxylation sites is 1. The average Bonchev–Trinajstić information content (AvgIpc) is 2.43. The zero-order chi connectivity index (χ0) is 14.7. The maximum absolute atomic E-state index is 12.8. The number of anilines is 1. The van der Waals surface area contributed by atoms with Crippen LogP contribution in [0.4, 0.5) is 10.1 Å². The number of carbonyl (C=O) groups excluding carboxylic acids is 2. The van der Waals surface area contributed by atoms with Crippen LogP contribution < -0.4 is 5.32 Å². The van der Waals surface area contributed by atoms with Gasteiger partial charge in [0, 0.05) is 11.3 Å². The van der Waals surface area contributed by atoms with Gasteiger partial charge in [0.1, 0.15) is 5.82 Å². The third-order valence-corrected chi connectivity index (χ3v) is 3.03. The van der Waals surface area contributed by atoms with E-state index >= 15 is 0 Å². The van der Waals surface area contributed by atoms with E-state index in [2.05, 4.69) is 5.32 Å². The van der Waals surface area contributed by atoms with Gasteiger partial charge in [0.05, 0.1) is 0 Å². The fraction of sp³-hybridized carbons (Fsp3) is 0.125. The molecule has 2 rings (SSSR count). The average molecular weight is 271 g/mol. The minimum Gasteiger partial charge on any atom is -0.319 e. The minimum atomic E-state index is -0.728. The summed E-state index contributed by atoms with van der Waals surface area (Å²) in [7, 11) is 0. The Morgan fingerprint density at radius 1 is 0.950 bits per heavy atom. The van der Waals surface area contributed by atoms with Crippen molar-refractivity contribution in [2.75, 3.05) is 5.32 Å². The molecule has 4 heteroatoms. The lowest BCUT2D eigenvalue weighted by molar-refractivity contribution is -0.112. The lowest BCUT2D eigenvalue weighted by atomic mass is 10.1. The molecule has 0 saturated carbocycles. The van der Waals surface area contributed by atoms with Crippen molar-refractivity contribution in [1.82, 2.24) is 0 Å². The number of aryl methyl sites for hydroxylation is 2. The SMILES string of the molecule is Cc1cccc(C)c1NC(=O)C(=O)c1ccc(F)cc1. The number of carbonyl (C=O) groups is 2. The summed E-state index contributed by atoms with van der Waals surface area (Å²) in [5.74, 6) is -1.86. The molecular formula is C16H14FNO2. The molecule has 0 atom stereocenters. The quantitative estimate of drug-likeness (QED) is 0.688. The molecule has 20 heavy (non-hydrogen) atoms. The van der Waals surface area contributed by atoms with Crippen LogP contribution in [0, 0.1) is 19.7 Å². The van der Waals surface area contributed by atoms with E-state index in [0.29, 0.717) is 5.69 Å². The van der Waals surface area contributed by atoms with Gasteiger partial charge in [-0.15, -0.1) is 0 Å². The molecule has 0 aliphatic heterocycles. The molecular weight excluding hydrogens is 257 g/mol. The van der Waals surface area contributed by atoms with E-state index < -0.39 is 17.5 Å². The van der Waals surface area contributed by atoms with Gasteiger partial charge in [-0.25, -0.2) is 4.39 Å². The van der Waals surface area contributed by atoms with Crippen LogP contribution in [0.1, 0.15) is 21.5 Å². The maximum atomic E-state index is 12.8. The highest BCUT2D eigenvalue weighted by atomic mass is 19.1. The molecule has 0 radical (unpaired) electrons. The largest absolute Gasteiger partial charge is 0.319 e. The third-order valence-electron chi connectivity index (χ3n) is 3.03. The Kier molecular flexibility index (Phi) is 3.94. The molecule has 102 valence electrons. The molecule has 0 unspecified atom stereocenters. The van der Waals surface area contributed by atoms with Gasteiger partial charge >= 0.3 is 0 Å². The molecule has 0 fully saturated rings. The van der Waals surface area contributed by atoms with Gasteiger partial charge in [-0.3, -0.25) is 9.59 Å². The number of nitrogens with one attached hydrogen (secondary N) is 1. The van der Waals surface area contributed by atoms with Gasteiger partial charge in [0.25, 0.3) is 11.7 Å². The summed E-state index contributed by atoms with van der Waals surface area (Å²) in [4.78, 5) is 23.9. The van der Waals surface area contributed by atoms with E-state index in [1.165, 1.54) is 12.1 Å². The number of ketones is 1. The van der Waals surface area contributed by atoms with Crippen LogP contribution in [0.25, 0.3) is 0 Å². The molecule has 3 nitrogen and oxygen atoms in total. The topological polar surface area (TPSA) is 46.2 Å². The highest BCUT2D eigenvalue weighted by Crippen LogP contribution is 2.19. The van der Waals surface area contributed by atoms with E-state index in [0.717, 1.165) is 23.3 Å². The lowest BCUT2D eigenvalue weighted by Gasteiger charge is -2.10. The molecule has 0 aliphatic rings. The van der Waals surface area contributed by atoms with Crippen molar-refractivity contribution < 1.29 is 14.0 Å². The van der Waals surface area contributed by atoms with Gasteiger partial charge in [-0.2, -0.15) is 0 Å². The van der Waals surface area contributed by atoms with Gasteiger partial charge in [-0.1, -0.05) is 18.2 Å². The van der Waals surface area contributed by atoms with E-state index in [9.17, 15) is 14.0 Å². The number of halogens is 1. The molecule has 0 heterocycles. The molecule has 0 saturated heterocycles. The monoisotopic (exact) mass is 271 g/mol. The predicted molar refractivity (Wildman–Crippen MR) is 75.3 cm³/mol. The summed E-state index contributed by atoms with van der Waals surface area (Å²) in [6.07, 6.45) is 0. The van der Waals surface area contributed by atoms with Crippen molar-refractivity contribution in [3.8, 4) is 0 Å². The molecule has 0 spiro atoms. The van der Waals surface area contributed by atoms with Crippen LogP contribution in [0.3, 0.4) is 0 Å². The van der Waals surface area contributed by atoms with Gasteiger partial charge in [0.2, 0.25) is 0 Å². The lowest BCUT2D eigenvalue weighted by Crippen LogP contribution is -2.23. The smallest absolute Gasteiger partial charge is 0.296 e. The summed E-state index contributed by atoms with van der Waals surface area (Å²) in [6, 6.07) is 10.5. The van der Waals surface area contributed by atoms with Crippen molar-refractivity contribution in [3.63, 3.8) is 0 Å². The Bertz CT molecular complexity index is 642. The molecule has 2 aromatic carbocycles. The molecule has 0 bridgehead atoms. The highest BCUT2D eigenvalue weighted by molar-refractivity contribution is 6.46. The first-order chi connectivity index (χ1) is 9.49. The van der Waals surface area contributed by atoms with E-state index in [-0.39, 0.29) is 5.56 Å². The number of rotatable bonds is 3. The van der Waals surface area contributed by atoms with E-state index in [1.54, 1.807) is 0 Å². The van der Waals surface area contributed by atoms with E-state index in [4.69, 9.17) is 0 Å². The van der Waals surface area contributed by atoms with Crippen molar-refractivity contribution in [1.29, 1.82) is 0 Å². The summed E-state index contributed by atoms with van der Waals surface area (Å²) < 4.78 is 12.8. The second-order valence-corrected chi connectivity index (χ2v) is 4.56. The molecule has 1 N–H and O–H groups in total.